The van der Waals surface area contributed by atoms with Crippen LogP contribution in [0.25, 0.3) is 44.4 Å². The summed E-state index contributed by atoms with van der Waals surface area (Å²) in [6.45, 7) is 11.5. The second-order valence-corrected chi connectivity index (χ2v) is 10.8. The van der Waals surface area contributed by atoms with Crippen LogP contribution in [0.3, 0.4) is 0 Å². The Hall–Kier alpha value is -4.72. The van der Waals surface area contributed by atoms with E-state index in [9.17, 15) is 9.59 Å². The van der Waals surface area contributed by atoms with E-state index in [4.69, 9.17) is 27.8 Å². The van der Waals surface area contributed by atoms with Gasteiger partial charge in [0.1, 0.15) is 39.7 Å². The lowest BCUT2D eigenvalue weighted by atomic mass is 9.97. The van der Waals surface area contributed by atoms with Crippen molar-refractivity contribution in [2.75, 3.05) is 7.11 Å². The summed E-state index contributed by atoms with van der Waals surface area (Å²) in [4.78, 5) is 25.7. The molecule has 2 heterocycles. The van der Waals surface area contributed by atoms with Crippen LogP contribution in [0.2, 0.25) is 0 Å². The topological polar surface area (TPSA) is 97.3 Å². The van der Waals surface area contributed by atoms with Crippen molar-refractivity contribution in [3.63, 3.8) is 0 Å². The van der Waals surface area contributed by atoms with Crippen LogP contribution in [-0.4, -0.2) is 25.4 Å². The quantitative estimate of drug-likeness (QED) is 0.167. The molecule has 0 aliphatic rings. The van der Waals surface area contributed by atoms with Gasteiger partial charge in [0.05, 0.1) is 31.0 Å². The third-order valence-electron chi connectivity index (χ3n) is 6.38. The van der Waals surface area contributed by atoms with Gasteiger partial charge in [0, 0.05) is 40.8 Å². The summed E-state index contributed by atoms with van der Waals surface area (Å²) in [7, 11) is 1.52. The van der Waals surface area contributed by atoms with Crippen LogP contribution in [0.5, 0.6) is 23.0 Å². The normalized spacial score (nSPS) is 11.6. The summed E-state index contributed by atoms with van der Waals surface area (Å²) in [5.74, 6) is 2.29. The molecule has 0 bridgehead atoms. The Bertz CT molecular complexity index is 1860. The molecule has 0 aliphatic carbocycles. The van der Waals surface area contributed by atoms with E-state index in [1.54, 1.807) is 18.2 Å². The smallest absolute Gasteiger partial charge is 0.336 e. The summed E-state index contributed by atoms with van der Waals surface area (Å²) < 4.78 is 36.0. The molecule has 42 heavy (non-hydrogen) atoms. The highest BCUT2D eigenvalue weighted by atomic mass is 16.5. The Labute approximate surface area is 243 Å². The van der Waals surface area contributed by atoms with Crippen LogP contribution in [0.4, 0.5) is 0 Å². The van der Waals surface area contributed by atoms with E-state index in [0.29, 0.717) is 56.4 Å². The molecule has 0 N–H and O–H groups in total. The Morgan fingerprint density at radius 1 is 0.667 bits per heavy atom. The standard InChI is InChI=1S/C34H34O8/c1-18(2)38-23-11-8-21(9-12-23)26-15-25(35)33-30(40-20(5)6)17-29(39-19(3)4)32(34(33)42-26)24-14-22-10-13-31(36)41-27(22)16-28(24)37-7/h8-20H,1-7H3. The van der Waals surface area contributed by atoms with E-state index in [1.807, 2.05) is 71.9 Å². The van der Waals surface area contributed by atoms with Crippen LogP contribution in [0.1, 0.15) is 41.5 Å². The summed E-state index contributed by atoms with van der Waals surface area (Å²) >= 11 is 0. The molecular formula is C34H34O8. The van der Waals surface area contributed by atoms with Gasteiger partial charge in [0.25, 0.3) is 0 Å². The second-order valence-electron chi connectivity index (χ2n) is 10.8. The highest BCUT2D eigenvalue weighted by molar-refractivity contribution is 6.03. The monoisotopic (exact) mass is 570 g/mol. The predicted molar refractivity (Wildman–Crippen MR) is 163 cm³/mol. The maximum Gasteiger partial charge on any atom is 0.336 e. The van der Waals surface area contributed by atoms with E-state index >= 15 is 0 Å². The zero-order valence-electron chi connectivity index (χ0n) is 24.8. The average molecular weight is 571 g/mol. The van der Waals surface area contributed by atoms with Crippen LogP contribution in [-0.2, 0) is 0 Å². The number of rotatable bonds is 9. The van der Waals surface area contributed by atoms with Gasteiger partial charge in [-0.1, -0.05) is 0 Å². The summed E-state index contributed by atoms with van der Waals surface area (Å²) in [6.07, 6.45) is -0.390. The SMILES string of the molecule is COc1cc2oc(=O)ccc2cc1-c1c(OC(C)C)cc(OC(C)C)c2c(=O)cc(-c3ccc(OC(C)C)cc3)oc12. The maximum absolute atomic E-state index is 13.8. The maximum atomic E-state index is 13.8. The van der Waals surface area contributed by atoms with Crippen LogP contribution in [0.15, 0.2) is 79.1 Å². The fourth-order valence-electron chi connectivity index (χ4n) is 4.80. The van der Waals surface area contributed by atoms with Crippen molar-refractivity contribution in [1.29, 1.82) is 0 Å². The van der Waals surface area contributed by atoms with Gasteiger partial charge in [0.2, 0.25) is 0 Å². The summed E-state index contributed by atoms with van der Waals surface area (Å²) in [5, 5.41) is 0.941. The Morgan fingerprint density at radius 3 is 1.98 bits per heavy atom. The molecule has 0 aliphatic heterocycles. The van der Waals surface area contributed by atoms with Crippen LogP contribution in [0, 0.1) is 0 Å². The molecule has 0 saturated heterocycles. The third kappa shape index (κ3) is 5.84. The van der Waals surface area contributed by atoms with Gasteiger partial charge in [-0.2, -0.15) is 0 Å². The van der Waals surface area contributed by atoms with Gasteiger partial charge in [-0.15, -0.1) is 0 Å². The van der Waals surface area contributed by atoms with E-state index < -0.39 is 5.63 Å². The first kappa shape index (κ1) is 28.8. The lowest BCUT2D eigenvalue weighted by Gasteiger charge is -2.21. The van der Waals surface area contributed by atoms with E-state index in [0.717, 1.165) is 0 Å². The molecule has 2 aromatic heterocycles. The fraction of sp³-hybridized carbons (Fsp3) is 0.294. The minimum absolute atomic E-state index is 0.0285. The van der Waals surface area contributed by atoms with Crippen molar-refractivity contribution in [3.8, 4) is 45.4 Å². The van der Waals surface area contributed by atoms with Crippen molar-refractivity contribution < 1.29 is 27.8 Å². The first-order chi connectivity index (χ1) is 20.0. The molecule has 0 amide bonds. The van der Waals surface area contributed by atoms with Crippen molar-refractivity contribution >= 4 is 21.9 Å². The number of ether oxygens (including phenoxy) is 4. The summed E-state index contributed by atoms with van der Waals surface area (Å²) in [6, 6.07) is 17.1. The van der Waals surface area contributed by atoms with Gasteiger partial charge in [-0.3, -0.25) is 4.79 Å². The molecular weight excluding hydrogens is 536 g/mol. The number of methoxy groups -OCH3 is 1. The van der Waals surface area contributed by atoms with Gasteiger partial charge in [-0.05, 0) is 77.9 Å². The Kier molecular flexibility index (Phi) is 7.98. The number of benzene rings is 3. The van der Waals surface area contributed by atoms with Crippen molar-refractivity contribution in [2.45, 2.75) is 59.9 Å². The van der Waals surface area contributed by atoms with Gasteiger partial charge in [-0.25, -0.2) is 4.79 Å². The molecule has 0 fully saturated rings. The lowest BCUT2D eigenvalue weighted by Crippen LogP contribution is -2.13. The molecule has 8 heteroatoms. The van der Waals surface area contributed by atoms with Crippen molar-refractivity contribution in [1.82, 2.24) is 0 Å². The van der Waals surface area contributed by atoms with Crippen LogP contribution >= 0.6 is 0 Å². The molecule has 5 aromatic rings. The Balaban J connectivity index is 1.86. The molecule has 0 unspecified atom stereocenters. The third-order valence-corrected chi connectivity index (χ3v) is 6.38. The minimum atomic E-state index is -0.470. The summed E-state index contributed by atoms with van der Waals surface area (Å²) in [5.41, 5.74) is 1.71. The second kappa shape index (κ2) is 11.6. The molecule has 0 saturated carbocycles. The average Bonchev–Trinajstić information content (AvgIpc) is 2.91. The first-order valence-electron chi connectivity index (χ1n) is 13.9. The predicted octanol–water partition coefficient (Wildman–Crippen LogP) is 7.60. The fourth-order valence-corrected chi connectivity index (χ4v) is 4.80. The molecule has 0 atom stereocenters. The van der Waals surface area contributed by atoms with E-state index in [-0.39, 0.29) is 34.7 Å². The van der Waals surface area contributed by atoms with Gasteiger partial charge in [0.15, 0.2) is 11.0 Å². The zero-order valence-corrected chi connectivity index (χ0v) is 24.8. The number of hydrogen-bond acceptors (Lipinski definition) is 8. The first-order valence-corrected chi connectivity index (χ1v) is 13.9. The zero-order chi connectivity index (χ0) is 30.1. The number of fused-ring (bicyclic) bond motifs is 2. The van der Waals surface area contributed by atoms with Crippen molar-refractivity contribution in [2.24, 2.45) is 0 Å². The minimum Gasteiger partial charge on any atom is -0.496 e. The Morgan fingerprint density at radius 2 is 1.33 bits per heavy atom. The molecule has 8 nitrogen and oxygen atoms in total. The molecule has 3 aromatic carbocycles. The highest BCUT2D eigenvalue weighted by Crippen LogP contribution is 2.47. The molecule has 218 valence electrons. The van der Waals surface area contributed by atoms with Crippen molar-refractivity contribution in [3.05, 3.63) is 81.3 Å². The van der Waals surface area contributed by atoms with E-state index in [2.05, 4.69) is 0 Å². The van der Waals surface area contributed by atoms with Crippen LogP contribution < -0.4 is 30.0 Å². The highest BCUT2D eigenvalue weighted by Gasteiger charge is 2.25. The van der Waals surface area contributed by atoms with E-state index in [1.165, 1.54) is 19.2 Å². The van der Waals surface area contributed by atoms with Gasteiger partial charge < -0.3 is 27.8 Å². The molecule has 0 spiro atoms. The molecule has 5 rings (SSSR count). The van der Waals surface area contributed by atoms with Gasteiger partial charge >= 0.3 is 5.63 Å². The lowest BCUT2D eigenvalue weighted by molar-refractivity contribution is 0.231. The largest absolute Gasteiger partial charge is 0.496 e. The number of hydrogen-bond donors (Lipinski definition) is 0. The molecule has 0 radical (unpaired) electrons.